The molecule has 0 aromatic heterocycles. The number of benzene rings is 1. The molecule has 0 amide bonds. The molecule has 2 heterocycles. The Morgan fingerprint density at radius 3 is 2.64 bits per heavy atom. The zero-order chi connectivity index (χ0) is 15.7. The molecule has 1 aromatic carbocycles. The normalized spacial score (nSPS) is 19.8. The quantitative estimate of drug-likeness (QED) is 0.906. The number of nitriles is 1. The third-order valence-electron chi connectivity index (χ3n) is 3.48. The molecule has 2 aliphatic heterocycles. The topological polar surface area (TPSA) is 67.0 Å². The van der Waals surface area contributed by atoms with E-state index in [1.54, 1.807) is 11.2 Å². The van der Waals surface area contributed by atoms with Crippen molar-refractivity contribution in [1.82, 2.24) is 10.4 Å². The largest absolute Gasteiger partial charge is 0.378 e. The number of aliphatic imine (C=N–C) groups is 2. The molecule has 0 bridgehead atoms. The lowest BCUT2D eigenvalue weighted by molar-refractivity contribution is 0.424. The molecule has 7 heteroatoms. The Labute approximate surface area is 133 Å². The van der Waals surface area contributed by atoms with Crippen molar-refractivity contribution in [3.63, 3.8) is 0 Å². The number of hydrazine groups is 1. The number of nitrogens with one attached hydrogen (secondary N) is 1. The van der Waals surface area contributed by atoms with Gasteiger partial charge < -0.3 is 4.90 Å². The molecule has 0 fully saturated rings. The Kier molecular flexibility index (Phi) is 3.88. The maximum Gasteiger partial charge on any atom is 0.184 e. The van der Waals surface area contributed by atoms with Crippen LogP contribution in [0.1, 0.15) is 11.7 Å². The van der Waals surface area contributed by atoms with Gasteiger partial charge in [0.1, 0.15) is 17.8 Å². The van der Waals surface area contributed by atoms with E-state index in [2.05, 4.69) is 38.5 Å². The summed E-state index contributed by atoms with van der Waals surface area (Å²) in [5.41, 5.74) is 5.95. The standard InChI is InChI=1S/C15H16N6S/c1-20(2)12-6-4-10(5-7-12)13-18-14-11(8-16)9-17-15(22-3)21(14)19-13/h4-7,9,13,19H,1-3H3/t13-/m1/s1. The lowest BCUT2D eigenvalue weighted by atomic mass is 10.1. The van der Waals surface area contributed by atoms with Gasteiger partial charge in [-0.3, -0.25) is 0 Å². The van der Waals surface area contributed by atoms with Gasteiger partial charge in [-0.25, -0.2) is 15.0 Å². The van der Waals surface area contributed by atoms with Crippen LogP contribution < -0.4 is 10.3 Å². The number of fused-ring (bicyclic) bond motifs is 1. The van der Waals surface area contributed by atoms with E-state index >= 15 is 0 Å². The van der Waals surface area contributed by atoms with Crippen molar-refractivity contribution >= 4 is 28.5 Å². The first-order valence-corrected chi connectivity index (χ1v) is 8.00. The monoisotopic (exact) mass is 312 g/mol. The third-order valence-corrected chi connectivity index (χ3v) is 4.13. The van der Waals surface area contributed by atoms with Crippen LogP contribution in [0.15, 0.2) is 46.0 Å². The van der Waals surface area contributed by atoms with Crippen LogP contribution in [0.3, 0.4) is 0 Å². The molecule has 3 rings (SSSR count). The Morgan fingerprint density at radius 2 is 2.05 bits per heavy atom. The van der Waals surface area contributed by atoms with Crippen molar-refractivity contribution in [2.45, 2.75) is 6.17 Å². The average Bonchev–Trinajstić information content (AvgIpc) is 2.99. The SMILES string of the molecule is CSC1=NC=C(C#N)C2=N[C@@H](c3ccc(N(C)C)cc3)NN12. The van der Waals surface area contributed by atoms with Crippen LogP contribution in [0, 0.1) is 11.3 Å². The van der Waals surface area contributed by atoms with Crippen molar-refractivity contribution in [3.8, 4) is 6.07 Å². The molecule has 22 heavy (non-hydrogen) atoms. The van der Waals surface area contributed by atoms with Crippen molar-refractivity contribution in [3.05, 3.63) is 41.6 Å². The minimum Gasteiger partial charge on any atom is -0.378 e. The van der Waals surface area contributed by atoms with Gasteiger partial charge in [-0.2, -0.15) is 10.7 Å². The Hall–Kier alpha value is -2.30. The Morgan fingerprint density at radius 1 is 1.32 bits per heavy atom. The molecule has 0 unspecified atom stereocenters. The third kappa shape index (κ3) is 2.47. The molecule has 0 saturated carbocycles. The Balaban J connectivity index is 1.90. The summed E-state index contributed by atoms with van der Waals surface area (Å²) in [6.45, 7) is 0. The van der Waals surface area contributed by atoms with E-state index in [1.165, 1.54) is 11.8 Å². The van der Waals surface area contributed by atoms with Crippen LogP contribution in [0.5, 0.6) is 0 Å². The second-order valence-electron chi connectivity index (χ2n) is 5.08. The molecule has 1 N–H and O–H groups in total. The number of hydrogen-bond acceptors (Lipinski definition) is 7. The summed E-state index contributed by atoms with van der Waals surface area (Å²) in [7, 11) is 4.02. The second-order valence-corrected chi connectivity index (χ2v) is 5.85. The van der Waals surface area contributed by atoms with Crippen LogP contribution in [-0.2, 0) is 0 Å². The summed E-state index contributed by atoms with van der Waals surface area (Å²) in [4.78, 5) is 11.0. The van der Waals surface area contributed by atoms with Gasteiger partial charge >= 0.3 is 0 Å². The van der Waals surface area contributed by atoms with Crippen LogP contribution in [-0.4, -0.2) is 36.4 Å². The molecule has 0 radical (unpaired) electrons. The highest BCUT2D eigenvalue weighted by Gasteiger charge is 2.33. The first kappa shape index (κ1) is 14.6. The molecule has 1 atom stereocenters. The van der Waals surface area contributed by atoms with E-state index in [-0.39, 0.29) is 6.17 Å². The Bertz CT molecular complexity index is 711. The van der Waals surface area contributed by atoms with Crippen molar-refractivity contribution in [2.24, 2.45) is 9.98 Å². The minimum absolute atomic E-state index is 0.210. The van der Waals surface area contributed by atoms with Gasteiger partial charge in [-0.05, 0) is 24.0 Å². The van der Waals surface area contributed by atoms with Crippen molar-refractivity contribution < 1.29 is 0 Å². The van der Waals surface area contributed by atoms with Gasteiger partial charge in [-0.1, -0.05) is 23.9 Å². The zero-order valence-electron chi connectivity index (χ0n) is 12.6. The van der Waals surface area contributed by atoms with E-state index < -0.39 is 0 Å². The van der Waals surface area contributed by atoms with E-state index in [9.17, 15) is 5.26 Å². The van der Waals surface area contributed by atoms with E-state index in [1.807, 2.05) is 32.5 Å². The van der Waals surface area contributed by atoms with Gasteiger partial charge in [0.2, 0.25) is 0 Å². The zero-order valence-corrected chi connectivity index (χ0v) is 13.4. The van der Waals surface area contributed by atoms with Crippen LogP contribution in [0.4, 0.5) is 5.69 Å². The number of rotatable bonds is 2. The number of thioether (sulfide) groups is 1. The number of anilines is 1. The number of amidine groups is 2. The van der Waals surface area contributed by atoms with E-state index in [0.717, 1.165) is 16.4 Å². The molecule has 112 valence electrons. The molecule has 2 aliphatic rings. The predicted molar refractivity (Wildman–Crippen MR) is 90.6 cm³/mol. The van der Waals surface area contributed by atoms with E-state index in [0.29, 0.717) is 11.4 Å². The summed E-state index contributed by atoms with van der Waals surface area (Å²) in [6, 6.07) is 10.3. The smallest absolute Gasteiger partial charge is 0.184 e. The molecular formula is C15H16N6S. The second kappa shape index (κ2) is 5.83. The summed E-state index contributed by atoms with van der Waals surface area (Å²) >= 11 is 1.51. The van der Waals surface area contributed by atoms with Crippen LogP contribution >= 0.6 is 11.8 Å². The molecular weight excluding hydrogens is 296 g/mol. The fraction of sp³-hybridized carbons (Fsp3) is 0.267. The highest BCUT2D eigenvalue weighted by molar-refractivity contribution is 8.13. The molecule has 6 nitrogen and oxygen atoms in total. The summed E-state index contributed by atoms with van der Waals surface area (Å²) in [5, 5.41) is 11.8. The highest BCUT2D eigenvalue weighted by atomic mass is 32.2. The summed E-state index contributed by atoms with van der Waals surface area (Å²) in [5.74, 6) is 0.628. The fourth-order valence-electron chi connectivity index (χ4n) is 2.29. The molecule has 0 saturated heterocycles. The van der Waals surface area contributed by atoms with Gasteiger partial charge in [0.15, 0.2) is 11.0 Å². The predicted octanol–water partition coefficient (Wildman–Crippen LogP) is 2.11. The minimum atomic E-state index is -0.210. The first-order valence-electron chi connectivity index (χ1n) is 6.78. The fourth-order valence-corrected chi connectivity index (χ4v) is 2.77. The number of hydrogen-bond donors (Lipinski definition) is 1. The van der Waals surface area contributed by atoms with Gasteiger partial charge in [0, 0.05) is 19.8 Å². The average molecular weight is 312 g/mol. The lowest BCUT2D eigenvalue weighted by Gasteiger charge is -2.23. The first-order chi connectivity index (χ1) is 10.6. The van der Waals surface area contributed by atoms with Crippen LogP contribution in [0.2, 0.25) is 0 Å². The molecule has 0 aliphatic carbocycles. The lowest BCUT2D eigenvalue weighted by Crippen LogP contribution is -2.43. The number of nitrogens with zero attached hydrogens (tertiary/aromatic N) is 5. The maximum absolute atomic E-state index is 9.22. The highest BCUT2D eigenvalue weighted by Crippen LogP contribution is 2.28. The molecule has 1 aromatic rings. The van der Waals surface area contributed by atoms with Gasteiger partial charge in [-0.15, -0.1) is 0 Å². The van der Waals surface area contributed by atoms with Crippen molar-refractivity contribution in [1.29, 1.82) is 5.26 Å². The van der Waals surface area contributed by atoms with Gasteiger partial charge in [0.25, 0.3) is 0 Å². The van der Waals surface area contributed by atoms with Crippen molar-refractivity contribution in [2.75, 3.05) is 25.3 Å². The van der Waals surface area contributed by atoms with Gasteiger partial charge in [0.05, 0.1) is 6.20 Å². The maximum atomic E-state index is 9.22. The summed E-state index contributed by atoms with van der Waals surface area (Å²) in [6.07, 6.45) is 3.31. The molecule has 0 spiro atoms. The van der Waals surface area contributed by atoms with E-state index in [4.69, 9.17) is 0 Å². The summed E-state index contributed by atoms with van der Waals surface area (Å²) < 4.78 is 0. The van der Waals surface area contributed by atoms with Crippen LogP contribution in [0.25, 0.3) is 0 Å².